The van der Waals surface area contributed by atoms with Crippen LogP contribution in [0, 0.1) is 11.8 Å². The first-order valence-corrected chi connectivity index (χ1v) is 5.16. The van der Waals surface area contributed by atoms with Gasteiger partial charge in [-0.05, 0) is 11.6 Å². The molecule has 0 aliphatic heterocycles. The number of alkyl halides is 3. The Labute approximate surface area is 107 Å². The molecular formula is C11H9F3N4O. The van der Waals surface area contributed by atoms with Gasteiger partial charge in [-0.1, -0.05) is 17.0 Å². The third-order valence-corrected chi connectivity index (χ3v) is 1.75. The van der Waals surface area contributed by atoms with Crippen molar-refractivity contribution in [2.24, 2.45) is 5.11 Å². The van der Waals surface area contributed by atoms with E-state index in [1.54, 1.807) is 0 Å². The topological polar surface area (TPSA) is 70.9 Å². The Morgan fingerprint density at radius 3 is 2.79 bits per heavy atom. The maximum absolute atomic E-state index is 11.9. The fourth-order valence-corrected chi connectivity index (χ4v) is 1.01. The largest absolute Gasteiger partial charge is 0.468 e. The number of aromatic nitrogens is 1. The number of rotatable bonds is 4. The summed E-state index contributed by atoms with van der Waals surface area (Å²) in [6.07, 6.45) is -2.68. The third kappa shape index (κ3) is 6.81. The lowest BCUT2D eigenvalue weighted by molar-refractivity contribution is -0.154. The molecule has 0 amide bonds. The van der Waals surface area contributed by atoms with Gasteiger partial charge in [-0.15, -0.1) is 0 Å². The zero-order valence-corrected chi connectivity index (χ0v) is 9.68. The van der Waals surface area contributed by atoms with Gasteiger partial charge in [0.2, 0.25) is 5.88 Å². The summed E-state index contributed by atoms with van der Waals surface area (Å²) in [5, 5.41) is 3.30. The number of hydrogen-bond donors (Lipinski definition) is 0. The van der Waals surface area contributed by atoms with Gasteiger partial charge in [0, 0.05) is 35.7 Å². The van der Waals surface area contributed by atoms with E-state index in [0.29, 0.717) is 12.0 Å². The smallest absolute Gasteiger partial charge is 0.422 e. The van der Waals surface area contributed by atoms with Crippen molar-refractivity contribution in [2.75, 3.05) is 13.2 Å². The fraction of sp³-hybridized carbons (Fsp3) is 0.364. The monoisotopic (exact) mass is 270 g/mol. The summed E-state index contributed by atoms with van der Waals surface area (Å²) in [5.41, 5.74) is 8.57. The Morgan fingerprint density at radius 2 is 2.21 bits per heavy atom. The lowest BCUT2D eigenvalue weighted by Crippen LogP contribution is -2.19. The van der Waals surface area contributed by atoms with Gasteiger partial charge in [0.1, 0.15) is 0 Å². The van der Waals surface area contributed by atoms with E-state index >= 15 is 0 Å². The SMILES string of the molecule is [N-]=[N+]=NCCC#Cc1ccc(OCC(F)(F)F)nc1. The molecule has 5 nitrogen and oxygen atoms in total. The Balaban J connectivity index is 2.49. The molecule has 0 radical (unpaired) electrons. The first-order valence-electron chi connectivity index (χ1n) is 5.16. The van der Waals surface area contributed by atoms with Crippen LogP contribution in [0.1, 0.15) is 12.0 Å². The molecule has 0 N–H and O–H groups in total. The van der Waals surface area contributed by atoms with Gasteiger partial charge in [0.05, 0.1) is 0 Å². The third-order valence-electron chi connectivity index (χ3n) is 1.75. The number of azide groups is 1. The van der Waals surface area contributed by atoms with E-state index < -0.39 is 12.8 Å². The van der Waals surface area contributed by atoms with E-state index in [0.717, 1.165) is 0 Å². The number of ether oxygens (including phenoxy) is 1. The minimum atomic E-state index is -4.39. The van der Waals surface area contributed by atoms with E-state index in [1.165, 1.54) is 18.3 Å². The molecule has 1 aromatic rings. The second-order valence-corrected chi connectivity index (χ2v) is 3.30. The molecule has 0 spiro atoms. The molecule has 0 aromatic carbocycles. The maximum Gasteiger partial charge on any atom is 0.422 e. The molecule has 1 heterocycles. The first kappa shape index (κ1) is 14.7. The van der Waals surface area contributed by atoms with Gasteiger partial charge in [-0.3, -0.25) is 0 Å². The number of halogens is 3. The first-order chi connectivity index (χ1) is 9.01. The molecule has 0 unspecified atom stereocenters. The van der Waals surface area contributed by atoms with Crippen molar-refractivity contribution >= 4 is 0 Å². The number of nitrogens with zero attached hydrogens (tertiary/aromatic N) is 4. The van der Waals surface area contributed by atoms with Crippen molar-refractivity contribution in [3.05, 3.63) is 34.3 Å². The van der Waals surface area contributed by atoms with Crippen LogP contribution in [-0.4, -0.2) is 24.3 Å². The van der Waals surface area contributed by atoms with Crippen LogP contribution in [0.2, 0.25) is 0 Å². The van der Waals surface area contributed by atoms with Crippen LogP contribution in [0.3, 0.4) is 0 Å². The Morgan fingerprint density at radius 1 is 1.42 bits per heavy atom. The molecule has 0 atom stereocenters. The van der Waals surface area contributed by atoms with E-state index in [2.05, 4.69) is 31.6 Å². The minimum absolute atomic E-state index is 0.114. The number of pyridine rings is 1. The van der Waals surface area contributed by atoms with E-state index in [9.17, 15) is 13.2 Å². The van der Waals surface area contributed by atoms with Crippen molar-refractivity contribution < 1.29 is 17.9 Å². The van der Waals surface area contributed by atoms with Crippen molar-refractivity contribution in [1.82, 2.24) is 4.98 Å². The van der Waals surface area contributed by atoms with Crippen LogP contribution in [0.4, 0.5) is 13.2 Å². The van der Waals surface area contributed by atoms with E-state index in [1.807, 2.05) is 0 Å². The number of hydrogen-bond acceptors (Lipinski definition) is 3. The van der Waals surface area contributed by atoms with E-state index in [4.69, 9.17) is 5.53 Å². The molecule has 1 rings (SSSR count). The van der Waals surface area contributed by atoms with Crippen LogP contribution in [-0.2, 0) is 0 Å². The molecule has 100 valence electrons. The molecular weight excluding hydrogens is 261 g/mol. The molecule has 0 fully saturated rings. The highest BCUT2D eigenvalue weighted by Gasteiger charge is 2.28. The fourth-order valence-electron chi connectivity index (χ4n) is 1.01. The summed E-state index contributed by atoms with van der Waals surface area (Å²) >= 11 is 0. The second-order valence-electron chi connectivity index (χ2n) is 3.30. The lowest BCUT2D eigenvalue weighted by Gasteiger charge is -2.07. The standard InChI is InChI=1S/C11H9F3N4O/c12-11(13,14)8-19-10-5-4-9(7-16-10)3-1-2-6-17-18-15/h4-5,7H,2,6,8H2. The average molecular weight is 270 g/mol. The van der Waals surface area contributed by atoms with Gasteiger partial charge >= 0.3 is 6.18 Å². The van der Waals surface area contributed by atoms with Gasteiger partial charge in [0.25, 0.3) is 0 Å². The van der Waals surface area contributed by atoms with Crippen LogP contribution in [0.25, 0.3) is 10.4 Å². The lowest BCUT2D eigenvalue weighted by atomic mass is 10.3. The van der Waals surface area contributed by atoms with E-state index in [-0.39, 0.29) is 12.4 Å². The highest BCUT2D eigenvalue weighted by Crippen LogP contribution is 2.16. The van der Waals surface area contributed by atoms with Crippen LogP contribution in [0.15, 0.2) is 23.4 Å². The minimum Gasteiger partial charge on any atom is -0.468 e. The maximum atomic E-state index is 11.9. The summed E-state index contributed by atoms with van der Waals surface area (Å²) in [6, 6.07) is 2.81. The zero-order chi connectivity index (χ0) is 14.1. The van der Waals surface area contributed by atoms with Crippen LogP contribution >= 0.6 is 0 Å². The Kier molecular flexibility index (Phi) is 5.51. The predicted molar refractivity (Wildman–Crippen MR) is 61.3 cm³/mol. The molecule has 0 bridgehead atoms. The van der Waals surface area contributed by atoms with Crippen LogP contribution < -0.4 is 4.74 Å². The van der Waals surface area contributed by atoms with Crippen molar-refractivity contribution in [3.8, 4) is 17.7 Å². The zero-order valence-electron chi connectivity index (χ0n) is 9.68. The molecule has 1 aromatic heterocycles. The van der Waals surface area contributed by atoms with Crippen LogP contribution in [0.5, 0.6) is 5.88 Å². The van der Waals surface area contributed by atoms with Crippen molar-refractivity contribution in [3.63, 3.8) is 0 Å². The van der Waals surface area contributed by atoms with Gasteiger partial charge in [-0.2, -0.15) is 13.2 Å². The van der Waals surface area contributed by atoms with Gasteiger partial charge in [0.15, 0.2) is 6.61 Å². The highest BCUT2D eigenvalue weighted by molar-refractivity contribution is 5.33. The summed E-state index contributed by atoms with van der Waals surface area (Å²) in [6.45, 7) is -1.11. The summed E-state index contributed by atoms with van der Waals surface area (Å²) in [7, 11) is 0. The summed E-state index contributed by atoms with van der Waals surface area (Å²) in [5.74, 6) is 5.35. The van der Waals surface area contributed by atoms with Crippen molar-refractivity contribution in [2.45, 2.75) is 12.6 Å². The van der Waals surface area contributed by atoms with Gasteiger partial charge < -0.3 is 4.74 Å². The van der Waals surface area contributed by atoms with Crippen molar-refractivity contribution in [1.29, 1.82) is 0 Å². The summed E-state index contributed by atoms with van der Waals surface area (Å²) in [4.78, 5) is 6.26. The molecule has 8 heteroatoms. The molecule has 0 saturated heterocycles. The predicted octanol–water partition coefficient (Wildman–Crippen LogP) is 3.07. The normalized spacial score (nSPS) is 10.1. The molecule has 0 aliphatic rings. The quantitative estimate of drug-likeness (QED) is 0.277. The molecule has 0 saturated carbocycles. The Bertz CT molecular complexity index is 509. The molecule has 0 aliphatic carbocycles. The summed E-state index contributed by atoms with van der Waals surface area (Å²) < 4.78 is 40.1. The average Bonchev–Trinajstić information content (AvgIpc) is 2.37. The Hall–Kier alpha value is -2.39. The van der Waals surface area contributed by atoms with Gasteiger partial charge in [-0.25, -0.2) is 4.98 Å². The second kappa shape index (κ2) is 7.13. The molecule has 19 heavy (non-hydrogen) atoms. The highest BCUT2D eigenvalue weighted by atomic mass is 19.4.